The highest BCUT2D eigenvalue weighted by Crippen LogP contribution is 2.52. The Labute approximate surface area is 90.5 Å². The van der Waals surface area contributed by atoms with Crippen molar-refractivity contribution in [1.29, 1.82) is 0 Å². The molecule has 0 saturated carbocycles. The lowest BCUT2D eigenvalue weighted by Gasteiger charge is -2.31. The van der Waals surface area contributed by atoms with Crippen molar-refractivity contribution in [1.82, 2.24) is 5.45 Å². The lowest BCUT2D eigenvalue weighted by molar-refractivity contribution is -0.384. The van der Waals surface area contributed by atoms with Gasteiger partial charge in [-0.25, -0.2) is 0 Å². The second kappa shape index (κ2) is 4.42. The SMILES string of the molecule is FN(F)N=CC(F)(F)C(F)(F)C(F)(F)C(F)(F)F. The highest BCUT2D eigenvalue weighted by Gasteiger charge is 2.81. The fourth-order valence-electron chi connectivity index (χ4n) is 0.585. The van der Waals surface area contributed by atoms with E-state index in [4.69, 9.17) is 0 Å². The number of hydrogen-bond donors (Lipinski definition) is 0. The van der Waals surface area contributed by atoms with E-state index in [0.717, 1.165) is 0 Å². The van der Waals surface area contributed by atoms with Crippen LogP contribution >= 0.6 is 0 Å². The second-order valence-electron chi connectivity index (χ2n) is 2.73. The van der Waals surface area contributed by atoms with Crippen molar-refractivity contribution in [2.24, 2.45) is 5.10 Å². The van der Waals surface area contributed by atoms with E-state index in [1.54, 1.807) is 0 Å². The minimum atomic E-state index is -7.13. The number of alkyl halides is 9. The van der Waals surface area contributed by atoms with E-state index in [-0.39, 0.29) is 0 Å². The molecule has 0 aliphatic carbocycles. The van der Waals surface area contributed by atoms with Crippen LogP contribution in [0.2, 0.25) is 0 Å². The van der Waals surface area contributed by atoms with Gasteiger partial charge in [-0.1, -0.05) is 0 Å². The first kappa shape index (κ1) is 16.7. The van der Waals surface area contributed by atoms with Crippen molar-refractivity contribution in [3.63, 3.8) is 0 Å². The van der Waals surface area contributed by atoms with Crippen LogP contribution in [0.3, 0.4) is 0 Å². The number of hydrogen-bond acceptors (Lipinski definition) is 2. The monoisotopic (exact) mass is 298 g/mol. The summed E-state index contributed by atoms with van der Waals surface area (Å²) in [4.78, 5) is 0. The van der Waals surface area contributed by atoms with Crippen molar-refractivity contribution >= 4 is 6.21 Å². The highest BCUT2D eigenvalue weighted by atomic mass is 19.4. The summed E-state index contributed by atoms with van der Waals surface area (Å²) in [6.45, 7) is 0. The molecular formula is C5HF11N2. The summed E-state index contributed by atoms with van der Waals surface area (Å²) in [5.41, 5.74) is -2.48. The predicted octanol–water partition coefficient (Wildman–Crippen LogP) is 3.51. The van der Waals surface area contributed by atoms with Gasteiger partial charge in [-0.2, -0.15) is 39.5 Å². The zero-order valence-electron chi connectivity index (χ0n) is 7.63. The lowest BCUT2D eigenvalue weighted by Crippen LogP contribution is -2.61. The number of rotatable bonds is 4. The van der Waals surface area contributed by atoms with Crippen LogP contribution in [0.5, 0.6) is 0 Å². The molecule has 0 saturated heterocycles. The molecule has 13 heteroatoms. The topological polar surface area (TPSA) is 15.6 Å². The molecule has 0 atom stereocenters. The Morgan fingerprint density at radius 2 is 1.11 bits per heavy atom. The van der Waals surface area contributed by atoms with Crippen molar-refractivity contribution in [2.75, 3.05) is 0 Å². The van der Waals surface area contributed by atoms with E-state index in [2.05, 4.69) is 0 Å². The normalized spacial score (nSPS) is 15.3. The Hall–Kier alpha value is -1.30. The molecule has 0 rings (SSSR count). The van der Waals surface area contributed by atoms with Crippen LogP contribution in [-0.2, 0) is 0 Å². The molecule has 0 aromatic rings. The third-order valence-corrected chi connectivity index (χ3v) is 1.48. The van der Waals surface area contributed by atoms with Crippen LogP contribution in [0.15, 0.2) is 5.10 Å². The third-order valence-electron chi connectivity index (χ3n) is 1.48. The Kier molecular flexibility index (Phi) is 4.10. The number of halogens is 11. The maximum Gasteiger partial charge on any atom is 0.460 e. The van der Waals surface area contributed by atoms with Gasteiger partial charge in [-0.15, -0.1) is 5.10 Å². The summed E-state index contributed by atoms with van der Waals surface area (Å²) in [6.07, 6.45) is -8.72. The standard InChI is InChI=1S/C5HF11N2/c6-2(7,1-17-18(15)16)3(8,9)4(10,11)5(12,13)14/h1H. The smallest absolute Gasteiger partial charge is 0.193 e. The van der Waals surface area contributed by atoms with E-state index in [1.807, 2.05) is 0 Å². The van der Waals surface area contributed by atoms with Crippen LogP contribution in [-0.4, -0.2) is 35.6 Å². The minimum Gasteiger partial charge on any atom is -0.193 e. The van der Waals surface area contributed by atoms with Gasteiger partial charge in [0.2, 0.25) is 0 Å². The van der Waals surface area contributed by atoms with Gasteiger partial charge in [0.1, 0.15) is 6.21 Å². The maximum absolute atomic E-state index is 12.4. The number of nitrogens with zero attached hydrogens (tertiary/aromatic N) is 2. The molecule has 108 valence electrons. The molecule has 0 bridgehead atoms. The van der Waals surface area contributed by atoms with Crippen molar-refractivity contribution in [3.05, 3.63) is 0 Å². The van der Waals surface area contributed by atoms with Gasteiger partial charge in [-0.3, -0.25) is 0 Å². The Morgan fingerprint density at radius 1 is 0.722 bits per heavy atom. The van der Waals surface area contributed by atoms with E-state index in [1.165, 1.54) is 5.10 Å². The van der Waals surface area contributed by atoms with Gasteiger partial charge >= 0.3 is 23.9 Å². The number of hydrazone groups is 1. The van der Waals surface area contributed by atoms with E-state index < -0.39 is 35.6 Å². The first-order valence-electron chi connectivity index (χ1n) is 3.54. The van der Waals surface area contributed by atoms with E-state index in [9.17, 15) is 48.5 Å². The molecule has 0 aliphatic rings. The Bertz CT molecular complexity index is 316. The predicted molar refractivity (Wildman–Crippen MR) is 33.4 cm³/mol. The first-order chi connectivity index (χ1) is 7.67. The maximum atomic E-state index is 12.4. The van der Waals surface area contributed by atoms with Crippen LogP contribution in [0, 0.1) is 0 Å². The molecule has 0 aromatic heterocycles. The molecule has 0 fully saturated rings. The Morgan fingerprint density at radius 3 is 1.39 bits per heavy atom. The summed E-state index contributed by atoms with van der Waals surface area (Å²) in [6, 6.07) is 0. The quantitative estimate of drug-likeness (QED) is 0.336. The molecule has 2 nitrogen and oxygen atoms in total. The molecule has 0 aliphatic heterocycles. The van der Waals surface area contributed by atoms with Gasteiger partial charge in [-0.05, 0) is 8.96 Å². The molecule has 0 aromatic carbocycles. The first-order valence-corrected chi connectivity index (χ1v) is 3.54. The van der Waals surface area contributed by atoms with Crippen LogP contribution in [0.1, 0.15) is 0 Å². The van der Waals surface area contributed by atoms with Crippen molar-refractivity contribution < 1.29 is 48.5 Å². The average molecular weight is 298 g/mol. The third kappa shape index (κ3) is 2.75. The minimum absolute atomic E-state index is 1.20. The van der Waals surface area contributed by atoms with Crippen molar-refractivity contribution in [2.45, 2.75) is 23.9 Å². The van der Waals surface area contributed by atoms with Gasteiger partial charge in [0, 0.05) is 0 Å². The van der Waals surface area contributed by atoms with Gasteiger partial charge < -0.3 is 0 Å². The zero-order chi connectivity index (χ0) is 15.0. The summed E-state index contributed by atoms with van der Waals surface area (Å²) >= 11 is 0. The molecule has 0 radical (unpaired) electrons. The molecule has 0 unspecified atom stereocenters. The molecule has 0 spiro atoms. The molecular weight excluding hydrogens is 297 g/mol. The van der Waals surface area contributed by atoms with Gasteiger partial charge in [0.15, 0.2) is 0 Å². The molecule has 0 amide bonds. The average Bonchev–Trinajstić information content (AvgIpc) is 2.12. The van der Waals surface area contributed by atoms with Crippen molar-refractivity contribution in [3.8, 4) is 0 Å². The lowest BCUT2D eigenvalue weighted by atomic mass is 10.1. The fourth-order valence-corrected chi connectivity index (χ4v) is 0.585. The van der Waals surface area contributed by atoms with E-state index >= 15 is 0 Å². The van der Waals surface area contributed by atoms with Crippen LogP contribution in [0.4, 0.5) is 48.5 Å². The highest BCUT2D eigenvalue weighted by molar-refractivity contribution is 5.68. The Balaban J connectivity index is 5.50. The second-order valence-corrected chi connectivity index (χ2v) is 2.73. The van der Waals surface area contributed by atoms with Crippen LogP contribution < -0.4 is 0 Å². The van der Waals surface area contributed by atoms with E-state index in [0.29, 0.717) is 0 Å². The van der Waals surface area contributed by atoms with Gasteiger partial charge in [0.25, 0.3) is 0 Å². The molecule has 0 N–H and O–H groups in total. The zero-order valence-corrected chi connectivity index (χ0v) is 7.63. The summed E-state index contributed by atoms with van der Waals surface area (Å²) in [7, 11) is 0. The summed E-state index contributed by atoms with van der Waals surface area (Å²) in [5.74, 6) is -20.4. The van der Waals surface area contributed by atoms with Gasteiger partial charge in [0.05, 0.1) is 5.45 Å². The van der Waals surface area contributed by atoms with Crippen LogP contribution in [0.25, 0.3) is 0 Å². The summed E-state index contributed by atoms with van der Waals surface area (Å²) in [5, 5.41) is 1.20. The molecule has 18 heavy (non-hydrogen) atoms. The summed E-state index contributed by atoms with van der Waals surface area (Å²) < 4.78 is 130. The molecule has 0 heterocycles. The largest absolute Gasteiger partial charge is 0.460 e. The fraction of sp³-hybridized carbons (Fsp3) is 0.800.